The van der Waals surface area contributed by atoms with Crippen molar-refractivity contribution in [1.82, 2.24) is 15.0 Å². The van der Waals surface area contributed by atoms with Crippen LogP contribution in [0, 0.1) is 5.92 Å². The topological polar surface area (TPSA) is 71.3 Å². The van der Waals surface area contributed by atoms with Crippen LogP contribution in [0.1, 0.15) is 24.3 Å². The number of alkyl halides is 3. The van der Waals surface area contributed by atoms with Gasteiger partial charge in [0, 0.05) is 11.6 Å². The van der Waals surface area contributed by atoms with Crippen molar-refractivity contribution in [2.45, 2.75) is 25.6 Å². The van der Waals surface area contributed by atoms with Crippen molar-refractivity contribution < 1.29 is 22.5 Å². The highest BCUT2D eigenvalue weighted by Gasteiger charge is 2.30. The highest BCUT2D eigenvalue weighted by Crippen LogP contribution is 2.30. The van der Waals surface area contributed by atoms with Crippen LogP contribution in [-0.4, -0.2) is 34.0 Å². The summed E-state index contributed by atoms with van der Waals surface area (Å²) in [5.41, 5.74) is -0.375. The minimum Gasteiger partial charge on any atom is -0.338 e. The molecule has 0 unspecified atom stereocenters. The maximum atomic E-state index is 12.6. The van der Waals surface area contributed by atoms with Crippen molar-refractivity contribution in [2.24, 2.45) is 5.92 Å². The molecule has 4 rings (SSSR count). The van der Waals surface area contributed by atoms with Crippen molar-refractivity contribution in [3.8, 4) is 10.7 Å². The number of carbonyl (C=O) groups excluding carboxylic acids is 1. The summed E-state index contributed by atoms with van der Waals surface area (Å²) in [6, 6.07) is 8.34. The fourth-order valence-electron chi connectivity index (χ4n) is 3.36. The maximum Gasteiger partial charge on any atom is 0.416 e. The van der Waals surface area contributed by atoms with Gasteiger partial charge in [0.2, 0.25) is 17.6 Å². The Bertz CT molecular complexity index is 978. The zero-order chi connectivity index (χ0) is 21.1. The van der Waals surface area contributed by atoms with Crippen molar-refractivity contribution in [3.05, 3.63) is 53.2 Å². The summed E-state index contributed by atoms with van der Waals surface area (Å²) < 4.78 is 43.2. The number of benzene rings is 1. The van der Waals surface area contributed by atoms with E-state index in [9.17, 15) is 18.0 Å². The first kappa shape index (κ1) is 20.5. The van der Waals surface area contributed by atoms with Crippen LogP contribution in [0.5, 0.6) is 0 Å². The Morgan fingerprint density at radius 3 is 2.57 bits per heavy atom. The summed E-state index contributed by atoms with van der Waals surface area (Å²) >= 11 is 1.54. The first-order valence-electron chi connectivity index (χ1n) is 9.45. The van der Waals surface area contributed by atoms with E-state index < -0.39 is 11.7 Å². The predicted molar refractivity (Wildman–Crippen MR) is 106 cm³/mol. The number of anilines is 1. The number of piperidine rings is 1. The summed E-state index contributed by atoms with van der Waals surface area (Å²) in [6.45, 7) is 1.91. The molecule has 3 heterocycles. The maximum absolute atomic E-state index is 12.6. The molecule has 1 saturated heterocycles. The van der Waals surface area contributed by atoms with E-state index in [2.05, 4.69) is 20.4 Å². The average Bonchev–Trinajstić information content (AvgIpc) is 3.40. The quantitative estimate of drug-likeness (QED) is 0.630. The molecule has 30 heavy (non-hydrogen) atoms. The van der Waals surface area contributed by atoms with Crippen LogP contribution in [0.3, 0.4) is 0 Å². The number of aromatic nitrogens is 2. The van der Waals surface area contributed by atoms with Crippen molar-refractivity contribution in [1.29, 1.82) is 0 Å². The molecule has 1 aliphatic heterocycles. The molecule has 10 heteroatoms. The van der Waals surface area contributed by atoms with E-state index in [-0.39, 0.29) is 11.8 Å². The van der Waals surface area contributed by atoms with Crippen molar-refractivity contribution in [3.63, 3.8) is 0 Å². The van der Waals surface area contributed by atoms with Gasteiger partial charge < -0.3 is 9.84 Å². The van der Waals surface area contributed by atoms with Gasteiger partial charge in [-0.3, -0.25) is 9.69 Å². The Labute approximate surface area is 174 Å². The van der Waals surface area contributed by atoms with Gasteiger partial charge >= 0.3 is 6.18 Å². The largest absolute Gasteiger partial charge is 0.416 e. The summed E-state index contributed by atoms with van der Waals surface area (Å²) in [4.78, 5) is 20.0. The zero-order valence-electron chi connectivity index (χ0n) is 15.9. The Kier molecular flexibility index (Phi) is 5.87. The van der Waals surface area contributed by atoms with Crippen LogP contribution < -0.4 is 5.32 Å². The van der Waals surface area contributed by atoms with Crippen LogP contribution in [0.2, 0.25) is 0 Å². The fraction of sp³-hybridized carbons (Fsp3) is 0.350. The van der Waals surface area contributed by atoms with E-state index in [1.807, 2.05) is 17.5 Å². The first-order valence-corrected chi connectivity index (χ1v) is 10.3. The molecule has 0 spiro atoms. The van der Waals surface area contributed by atoms with Gasteiger partial charge in [0.25, 0.3) is 0 Å². The van der Waals surface area contributed by atoms with E-state index in [0.29, 0.717) is 49.9 Å². The monoisotopic (exact) mass is 436 g/mol. The predicted octanol–water partition coefficient (Wildman–Crippen LogP) is 4.67. The SMILES string of the molecule is O=C(Nc1ccc(C(F)(F)F)cc1)C1CCN(Cc2nc(-c3cccs3)no2)CC1. The summed E-state index contributed by atoms with van der Waals surface area (Å²) in [5, 5.41) is 8.66. The molecule has 1 fully saturated rings. The molecule has 0 saturated carbocycles. The number of thiophene rings is 1. The van der Waals surface area contributed by atoms with Crippen molar-refractivity contribution >= 4 is 22.9 Å². The molecule has 0 aliphatic carbocycles. The second kappa shape index (κ2) is 8.57. The van der Waals surface area contributed by atoms with E-state index in [1.165, 1.54) is 12.1 Å². The Balaban J connectivity index is 1.26. The minimum atomic E-state index is -4.39. The van der Waals surface area contributed by atoms with Crippen LogP contribution in [-0.2, 0) is 17.5 Å². The molecule has 2 aromatic heterocycles. The molecule has 158 valence electrons. The highest BCUT2D eigenvalue weighted by atomic mass is 32.1. The molecule has 3 aromatic rings. The molecule has 1 aliphatic rings. The number of rotatable bonds is 5. The van der Waals surface area contributed by atoms with Gasteiger partial charge in [-0.1, -0.05) is 11.2 Å². The lowest BCUT2D eigenvalue weighted by Gasteiger charge is -2.30. The number of likely N-dealkylation sites (tertiary alicyclic amines) is 1. The standard InChI is InChI=1S/C20H19F3N4O2S/c21-20(22,23)14-3-5-15(6-4-14)24-19(28)13-7-9-27(10-8-13)12-17-25-18(26-29-17)16-2-1-11-30-16/h1-6,11,13H,7-10,12H2,(H,24,28). The Morgan fingerprint density at radius 2 is 1.93 bits per heavy atom. The van der Waals surface area contributed by atoms with Gasteiger partial charge in [-0.2, -0.15) is 18.2 Å². The Morgan fingerprint density at radius 1 is 1.20 bits per heavy atom. The van der Waals surface area contributed by atoms with Gasteiger partial charge in [0.05, 0.1) is 17.0 Å². The van der Waals surface area contributed by atoms with Gasteiger partial charge in [-0.15, -0.1) is 11.3 Å². The summed E-state index contributed by atoms with van der Waals surface area (Å²) in [7, 11) is 0. The first-order chi connectivity index (χ1) is 14.4. The lowest BCUT2D eigenvalue weighted by atomic mass is 9.96. The third kappa shape index (κ3) is 4.88. The van der Waals surface area contributed by atoms with Gasteiger partial charge in [-0.05, 0) is 61.6 Å². The number of amides is 1. The number of halogens is 3. The third-order valence-corrected chi connectivity index (χ3v) is 5.87. The van der Waals surface area contributed by atoms with Crippen LogP contribution in [0.4, 0.5) is 18.9 Å². The molecular weight excluding hydrogens is 417 g/mol. The lowest BCUT2D eigenvalue weighted by Crippen LogP contribution is -2.37. The normalized spacial score (nSPS) is 16.0. The van der Waals surface area contributed by atoms with E-state index in [1.54, 1.807) is 11.3 Å². The van der Waals surface area contributed by atoms with Crippen LogP contribution >= 0.6 is 11.3 Å². The lowest BCUT2D eigenvalue weighted by molar-refractivity contribution is -0.137. The van der Waals surface area contributed by atoms with Crippen molar-refractivity contribution in [2.75, 3.05) is 18.4 Å². The van der Waals surface area contributed by atoms with E-state index in [4.69, 9.17) is 4.52 Å². The van der Waals surface area contributed by atoms with E-state index in [0.717, 1.165) is 17.0 Å². The van der Waals surface area contributed by atoms with Gasteiger partial charge in [-0.25, -0.2) is 0 Å². The van der Waals surface area contributed by atoms with Crippen LogP contribution in [0.25, 0.3) is 10.7 Å². The van der Waals surface area contributed by atoms with Crippen LogP contribution in [0.15, 0.2) is 46.3 Å². The average molecular weight is 436 g/mol. The number of hydrogen-bond acceptors (Lipinski definition) is 6. The fourth-order valence-corrected chi connectivity index (χ4v) is 4.01. The second-order valence-electron chi connectivity index (χ2n) is 7.10. The second-order valence-corrected chi connectivity index (χ2v) is 8.05. The Hall–Kier alpha value is -2.72. The van der Waals surface area contributed by atoms with Gasteiger partial charge in [0.1, 0.15) is 0 Å². The molecule has 0 radical (unpaired) electrons. The molecule has 0 atom stereocenters. The molecule has 1 N–H and O–H groups in total. The number of nitrogens with zero attached hydrogens (tertiary/aromatic N) is 3. The molecule has 6 nitrogen and oxygen atoms in total. The molecular formula is C20H19F3N4O2S. The highest BCUT2D eigenvalue weighted by molar-refractivity contribution is 7.13. The van der Waals surface area contributed by atoms with Gasteiger partial charge in [0.15, 0.2) is 0 Å². The van der Waals surface area contributed by atoms with E-state index >= 15 is 0 Å². The summed E-state index contributed by atoms with van der Waals surface area (Å²) in [5.74, 6) is 0.747. The summed E-state index contributed by atoms with van der Waals surface area (Å²) in [6.07, 6.45) is -3.09. The molecule has 1 amide bonds. The number of nitrogens with one attached hydrogen (secondary N) is 1. The third-order valence-electron chi connectivity index (χ3n) is 5.01. The zero-order valence-corrected chi connectivity index (χ0v) is 16.7. The minimum absolute atomic E-state index is 0.174. The number of hydrogen-bond donors (Lipinski definition) is 1. The number of carbonyl (C=O) groups is 1. The molecule has 0 bridgehead atoms. The molecule has 1 aromatic carbocycles. The smallest absolute Gasteiger partial charge is 0.338 e.